The molecule has 2 heterocycles. The van der Waals surface area contributed by atoms with Crippen molar-refractivity contribution in [3.63, 3.8) is 0 Å². The summed E-state index contributed by atoms with van der Waals surface area (Å²) >= 11 is 0. The smallest absolute Gasteiger partial charge is 0.240 e. The SMILES string of the molecule is Cl.O=C(Cn1ccc(=O)c2ccccc21)NC1CCNC1. The van der Waals surface area contributed by atoms with E-state index in [-0.39, 0.29) is 36.3 Å². The van der Waals surface area contributed by atoms with Gasteiger partial charge in [0.05, 0.1) is 5.52 Å². The molecule has 1 aliphatic heterocycles. The predicted octanol–water partition coefficient (Wildman–Crippen LogP) is 0.901. The van der Waals surface area contributed by atoms with E-state index in [4.69, 9.17) is 0 Å². The molecule has 6 heteroatoms. The van der Waals surface area contributed by atoms with Gasteiger partial charge in [0.2, 0.25) is 5.91 Å². The van der Waals surface area contributed by atoms with Gasteiger partial charge in [0, 0.05) is 30.2 Å². The molecule has 2 N–H and O–H groups in total. The van der Waals surface area contributed by atoms with Gasteiger partial charge < -0.3 is 15.2 Å². The number of benzene rings is 1. The van der Waals surface area contributed by atoms with Crippen molar-refractivity contribution < 1.29 is 4.79 Å². The summed E-state index contributed by atoms with van der Waals surface area (Å²) in [7, 11) is 0. The molecule has 1 amide bonds. The lowest BCUT2D eigenvalue weighted by molar-refractivity contribution is -0.122. The molecule has 1 atom stereocenters. The molecule has 0 spiro atoms. The van der Waals surface area contributed by atoms with E-state index < -0.39 is 0 Å². The Bertz CT molecular complexity index is 693. The van der Waals surface area contributed by atoms with Crippen LogP contribution in [0.3, 0.4) is 0 Å². The highest BCUT2D eigenvalue weighted by Crippen LogP contribution is 2.09. The first-order valence-corrected chi connectivity index (χ1v) is 6.82. The number of carbonyl (C=O) groups excluding carboxylic acids is 1. The minimum absolute atomic E-state index is 0. The van der Waals surface area contributed by atoms with E-state index in [1.165, 1.54) is 6.07 Å². The Kier molecular flexibility index (Phi) is 4.98. The third kappa shape index (κ3) is 3.43. The molecule has 1 saturated heterocycles. The predicted molar refractivity (Wildman–Crippen MR) is 84.9 cm³/mol. The van der Waals surface area contributed by atoms with Gasteiger partial charge in [-0.15, -0.1) is 12.4 Å². The van der Waals surface area contributed by atoms with Gasteiger partial charge in [-0.25, -0.2) is 0 Å². The fourth-order valence-electron chi connectivity index (χ4n) is 2.60. The molecule has 1 unspecified atom stereocenters. The van der Waals surface area contributed by atoms with E-state index in [1.807, 2.05) is 22.8 Å². The number of rotatable bonds is 3. The molecule has 21 heavy (non-hydrogen) atoms. The number of amides is 1. The number of aromatic nitrogens is 1. The van der Waals surface area contributed by atoms with Crippen molar-refractivity contribution >= 4 is 29.2 Å². The molecule has 1 aromatic carbocycles. The topological polar surface area (TPSA) is 63.1 Å². The summed E-state index contributed by atoms with van der Waals surface area (Å²) in [5.74, 6) is -0.0208. The molecule has 3 rings (SSSR count). The van der Waals surface area contributed by atoms with Crippen molar-refractivity contribution in [1.29, 1.82) is 0 Å². The molecular weight excluding hydrogens is 290 g/mol. The van der Waals surface area contributed by atoms with E-state index in [0.29, 0.717) is 5.39 Å². The number of para-hydroxylation sites is 1. The maximum absolute atomic E-state index is 12.1. The van der Waals surface area contributed by atoms with Crippen LogP contribution in [-0.4, -0.2) is 29.6 Å². The minimum atomic E-state index is -0.0208. The minimum Gasteiger partial charge on any atom is -0.350 e. The Balaban J connectivity index is 0.00000161. The molecule has 0 saturated carbocycles. The van der Waals surface area contributed by atoms with E-state index in [0.717, 1.165) is 25.0 Å². The Morgan fingerprint density at radius 1 is 1.33 bits per heavy atom. The van der Waals surface area contributed by atoms with Gasteiger partial charge in [-0.1, -0.05) is 12.1 Å². The van der Waals surface area contributed by atoms with Crippen LogP contribution in [0.15, 0.2) is 41.3 Å². The van der Waals surface area contributed by atoms with Crippen molar-refractivity contribution in [2.24, 2.45) is 0 Å². The van der Waals surface area contributed by atoms with Crippen LogP contribution < -0.4 is 16.1 Å². The van der Waals surface area contributed by atoms with Crippen LogP contribution in [0, 0.1) is 0 Å². The van der Waals surface area contributed by atoms with Crippen LogP contribution in [0.1, 0.15) is 6.42 Å². The van der Waals surface area contributed by atoms with Crippen molar-refractivity contribution in [2.75, 3.05) is 13.1 Å². The summed E-state index contributed by atoms with van der Waals surface area (Å²) in [4.78, 5) is 23.8. The molecule has 0 radical (unpaired) electrons. The van der Waals surface area contributed by atoms with Gasteiger partial charge in [0.15, 0.2) is 5.43 Å². The zero-order valence-electron chi connectivity index (χ0n) is 11.5. The summed E-state index contributed by atoms with van der Waals surface area (Å²) < 4.78 is 1.81. The fourth-order valence-corrected chi connectivity index (χ4v) is 2.60. The Labute approximate surface area is 128 Å². The van der Waals surface area contributed by atoms with E-state index >= 15 is 0 Å². The van der Waals surface area contributed by atoms with E-state index in [2.05, 4.69) is 10.6 Å². The third-order valence-corrected chi connectivity index (χ3v) is 3.62. The highest BCUT2D eigenvalue weighted by molar-refractivity contribution is 5.85. The number of fused-ring (bicyclic) bond motifs is 1. The number of pyridine rings is 1. The molecule has 0 bridgehead atoms. The molecule has 0 aliphatic carbocycles. The maximum Gasteiger partial charge on any atom is 0.240 e. The molecule has 1 aromatic heterocycles. The zero-order valence-corrected chi connectivity index (χ0v) is 12.4. The van der Waals surface area contributed by atoms with Crippen molar-refractivity contribution in [3.8, 4) is 0 Å². The van der Waals surface area contributed by atoms with Crippen LogP contribution in [0.2, 0.25) is 0 Å². The average Bonchev–Trinajstić information content (AvgIpc) is 2.95. The average molecular weight is 308 g/mol. The van der Waals surface area contributed by atoms with Crippen LogP contribution >= 0.6 is 12.4 Å². The summed E-state index contributed by atoms with van der Waals surface area (Å²) in [5.41, 5.74) is 0.775. The summed E-state index contributed by atoms with van der Waals surface area (Å²) in [6.07, 6.45) is 2.65. The lowest BCUT2D eigenvalue weighted by Crippen LogP contribution is -2.38. The Hall–Kier alpha value is -1.85. The van der Waals surface area contributed by atoms with Crippen LogP contribution in [-0.2, 0) is 11.3 Å². The van der Waals surface area contributed by atoms with Crippen LogP contribution in [0.5, 0.6) is 0 Å². The third-order valence-electron chi connectivity index (χ3n) is 3.62. The van der Waals surface area contributed by atoms with E-state index in [9.17, 15) is 9.59 Å². The normalized spacial score (nSPS) is 17.4. The largest absolute Gasteiger partial charge is 0.350 e. The number of nitrogens with zero attached hydrogens (tertiary/aromatic N) is 1. The molecule has 1 fully saturated rings. The van der Waals surface area contributed by atoms with Gasteiger partial charge in [-0.2, -0.15) is 0 Å². The lowest BCUT2D eigenvalue weighted by Gasteiger charge is -2.14. The number of carbonyl (C=O) groups is 1. The van der Waals surface area contributed by atoms with Gasteiger partial charge in [-0.3, -0.25) is 9.59 Å². The number of hydrogen-bond donors (Lipinski definition) is 2. The first-order chi connectivity index (χ1) is 9.74. The standard InChI is InChI=1S/C15H17N3O2.ClH/c19-14-6-8-18(13-4-2-1-3-12(13)14)10-15(20)17-11-5-7-16-9-11;/h1-4,6,8,11,16H,5,7,9-10H2,(H,17,20);1H. The van der Waals surface area contributed by atoms with Crippen LogP contribution in [0.25, 0.3) is 10.9 Å². The molecule has 5 nitrogen and oxygen atoms in total. The lowest BCUT2D eigenvalue weighted by atomic mass is 10.2. The maximum atomic E-state index is 12.1. The summed E-state index contributed by atoms with van der Waals surface area (Å²) in [6.45, 7) is 2.01. The summed E-state index contributed by atoms with van der Waals surface area (Å²) in [5, 5.41) is 6.87. The highest BCUT2D eigenvalue weighted by atomic mass is 35.5. The second kappa shape index (κ2) is 6.74. The molecular formula is C15H18ClN3O2. The quantitative estimate of drug-likeness (QED) is 0.885. The van der Waals surface area contributed by atoms with Gasteiger partial charge >= 0.3 is 0 Å². The van der Waals surface area contributed by atoms with Crippen molar-refractivity contribution in [3.05, 3.63) is 46.8 Å². The first-order valence-electron chi connectivity index (χ1n) is 6.82. The van der Waals surface area contributed by atoms with Crippen molar-refractivity contribution in [2.45, 2.75) is 19.0 Å². The van der Waals surface area contributed by atoms with Gasteiger partial charge in [0.1, 0.15) is 6.54 Å². The van der Waals surface area contributed by atoms with Crippen molar-refractivity contribution in [1.82, 2.24) is 15.2 Å². The first kappa shape index (κ1) is 15.5. The number of halogens is 1. The van der Waals surface area contributed by atoms with Crippen LogP contribution in [0.4, 0.5) is 0 Å². The number of hydrogen-bond acceptors (Lipinski definition) is 3. The monoisotopic (exact) mass is 307 g/mol. The molecule has 1 aliphatic rings. The Morgan fingerprint density at radius 2 is 2.14 bits per heavy atom. The second-order valence-electron chi connectivity index (χ2n) is 5.08. The van der Waals surface area contributed by atoms with E-state index in [1.54, 1.807) is 12.3 Å². The number of nitrogens with one attached hydrogen (secondary N) is 2. The zero-order chi connectivity index (χ0) is 13.9. The molecule has 112 valence electrons. The fraction of sp³-hybridized carbons (Fsp3) is 0.333. The Morgan fingerprint density at radius 3 is 2.90 bits per heavy atom. The summed E-state index contributed by atoms with van der Waals surface area (Å²) in [6, 6.07) is 9.07. The van der Waals surface area contributed by atoms with Gasteiger partial charge in [0.25, 0.3) is 0 Å². The second-order valence-corrected chi connectivity index (χ2v) is 5.08. The molecule has 2 aromatic rings. The highest BCUT2D eigenvalue weighted by Gasteiger charge is 2.16. The van der Waals surface area contributed by atoms with Gasteiger partial charge in [-0.05, 0) is 25.1 Å².